The van der Waals surface area contributed by atoms with Crippen molar-refractivity contribution in [1.82, 2.24) is 0 Å². The Kier molecular flexibility index (Phi) is 15.6. The van der Waals surface area contributed by atoms with Gasteiger partial charge >= 0.3 is 5.97 Å². The van der Waals surface area contributed by atoms with Gasteiger partial charge in [-0.3, -0.25) is 4.79 Å². The summed E-state index contributed by atoms with van der Waals surface area (Å²) in [5.41, 5.74) is 0. The number of unbranched alkanes of at least 4 members (excludes halogenated alkanes) is 3. The molecule has 0 N–H and O–H groups in total. The SMILES string of the molecule is CCCSC(S)CCCCC(=O)OCCCCCBr. The minimum atomic E-state index is -0.0456. The number of ether oxygens (including phenoxy) is 1. The van der Waals surface area contributed by atoms with Gasteiger partial charge in [-0.05, 0) is 44.3 Å². The van der Waals surface area contributed by atoms with Gasteiger partial charge in [-0.1, -0.05) is 29.3 Å². The molecule has 0 aliphatic rings. The average Bonchev–Trinajstić information content (AvgIpc) is 2.41. The molecule has 0 radical (unpaired) electrons. The van der Waals surface area contributed by atoms with Crippen LogP contribution in [0.2, 0.25) is 0 Å². The van der Waals surface area contributed by atoms with Crippen LogP contribution in [0, 0.1) is 0 Å². The number of carbonyl (C=O) groups excluding carboxylic acids is 1. The van der Waals surface area contributed by atoms with Gasteiger partial charge in [0, 0.05) is 16.3 Å². The standard InChI is InChI=1S/C14H27BrO2S2/c1-2-12-19-14(18)9-5-4-8-13(16)17-11-7-3-6-10-15/h14,18H,2-12H2,1H3. The van der Waals surface area contributed by atoms with Gasteiger partial charge in [0.15, 0.2) is 0 Å². The maximum absolute atomic E-state index is 11.4. The normalized spacial score (nSPS) is 12.4. The van der Waals surface area contributed by atoms with Crippen LogP contribution in [0.5, 0.6) is 0 Å². The Hall–Kier alpha value is 0.650. The predicted octanol–water partition coefficient (Wildman–Crippen LogP) is 5.05. The molecule has 0 saturated heterocycles. The van der Waals surface area contributed by atoms with E-state index in [1.165, 1.54) is 12.2 Å². The van der Waals surface area contributed by atoms with Crippen molar-refractivity contribution in [2.24, 2.45) is 0 Å². The quantitative estimate of drug-likeness (QED) is 0.161. The zero-order chi connectivity index (χ0) is 14.3. The molecule has 0 bridgehead atoms. The van der Waals surface area contributed by atoms with E-state index in [1.807, 2.05) is 11.8 Å². The summed E-state index contributed by atoms with van der Waals surface area (Å²) in [7, 11) is 0. The highest BCUT2D eigenvalue weighted by atomic mass is 79.9. The van der Waals surface area contributed by atoms with Gasteiger partial charge in [-0.2, -0.15) is 12.6 Å². The highest BCUT2D eigenvalue weighted by Crippen LogP contribution is 2.21. The lowest BCUT2D eigenvalue weighted by molar-refractivity contribution is -0.143. The summed E-state index contributed by atoms with van der Waals surface area (Å²) in [5.74, 6) is 1.13. The van der Waals surface area contributed by atoms with E-state index >= 15 is 0 Å². The molecule has 5 heteroatoms. The predicted molar refractivity (Wildman–Crippen MR) is 92.6 cm³/mol. The second kappa shape index (κ2) is 15.0. The summed E-state index contributed by atoms with van der Waals surface area (Å²) >= 11 is 9.81. The van der Waals surface area contributed by atoms with E-state index in [-0.39, 0.29) is 5.97 Å². The van der Waals surface area contributed by atoms with Gasteiger partial charge in [0.2, 0.25) is 0 Å². The van der Waals surface area contributed by atoms with Crippen LogP contribution >= 0.6 is 40.3 Å². The Bertz CT molecular complexity index is 216. The Labute approximate surface area is 136 Å². The molecule has 0 rings (SSSR count). The molecular weight excluding hydrogens is 344 g/mol. The molecule has 0 aliphatic carbocycles. The van der Waals surface area contributed by atoms with Gasteiger partial charge in [0.1, 0.15) is 0 Å². The number of carbonyl (C=O) groups is 1. The van der Waals surface area contributed by atoms with Crippen LogP contribution in [-0.2, 0) is 9.53 Å². The number of hydrogen-bond acceptors (Lipinski definition) is 4. The molecule has 2 nitrogen and oxygen atoms in total. The molecule has 0 aromatic carbocycles. The number of esters is 1. The van der Waals surface area contributed by atoms with Crippen molar-refractivity contribution in [2.75, 3.05) is 17.7 Å². The van der Waals surface area contributed by atoms with Crippen molar-refractivity contribution in [3.8, 4) is 0 Å². The molecular formula is C14H27BrO2S2. The summed E-state index contributed by atoms with van der Waals surface area (Å²) in [6.07, 6.45) is 8.05. The van der Waals surface area contributed by atoms with Crippen LogP contribution in [0.25, 0.3) is 0 Å². The molecule has 0 aromatic heterocycles. The van der Waals surface area contributed by atoms with Gasteiger partial charge < -0.3 is 4.74 Å². The van der Waals surface area contributed by atoms with E-state index in [4.69, 9.17) is 4.74 Å². The molecule has 0 spiro atoms. The fourth-order valence-corrected chi connectivity index (χ4v) is 3.29. The van der Waals surface area contributed by atoms with Crippen molar-refractivity contribution in [3.05, 3.63) is 0 Å². The van der Waals surface area contributed by atoms with Crippen molar-refractivity contribution in [2.45, 2.75) is 62.9 Å². The van der Waals surface area contributed by atoms with Crippen molar-refractivity contribution in [3.63, 3.8) is 0 Å². The molecule has 0 fully saturated rings. The van der Waals surface area contributed by atoms with Gasteiger partial charge in [0.25, 0.3) is 0 Å². The number of thioether (sulfide) groups is 1. The lowest BCUT2D eigenvalue weighted by atomic mass is 10.2. The second-order valence-electron chi connectivity index (χ2n) is 4.54. The zero-order valence-corrected chi connectivity index (χ0v) is 15.2. The topological polar surface area (TPSA) is 26.3 Å². The van der Waals surface area contributed by atoms with E-state index in [2.05, 4.69) is 35.5 Å². The molecule has 0 aromatic rings. The number of rotatable bonds is 13. The number of hydrogen-bond donors (Lipinski definition) is 1. The first-order valence-electron chi connectivity index (χ1n) is 7.22. The minimum absolute atomic E-state index is 0.0456. The first-order valence-corrected chi connectivity index (χ1v) is 9.90. The minimum Gasteiger partial charge on any atom is -0.466 e. The van der Waals surface area contributed by atoms with Crippen LogP contribution in [0.15, 0.2) is 0 Å². The Morgan fingerprint density at radius 3 is 2.74 bits per heavy atom. The van der Waals surface area contributed by atoms with E-state index in [0.29, 0.717) is 17.6 Å². The fraction of sp³-hybridized carbons (Fsp3) is 0.929. The molecule has 0 amide bonds. The van der Waals surface area contributed by atoms with Crippen molar-refractivity contribution in [1.29, 1.82) is 0 Å². The Balaban J connectivity index is 3.28. The highest BCUT2D eigenvalue weighted by molar-refractivity contribution is 9.09. The van der Waals surface area contributed by atoms with E-state index in [9.17, 15) is 4.79 Å². The first kappa shape index (κ1) is 19.7. The van der Waals surface area contributed by atoms with Crippen molar-refractivity contribution < 1.29 is 9.53 Å². The summed E-state index contributed by atoms with van der Waals surface area (Å²) in [6.45, 7) is 2.76. The number of halogens is 1. The van der Waals surface area contributed by atoms with Gasteiger partial charge in [0.05, 0.1) is 6.61 Å². The lowest BCUT2D eigenvalue weighted by Gasteiger charge is -2.09. The molecule has 1 unspecified atom stereocenters. The van der Waals surface area contributed by atoms with E-state index in [1.54, 1.807) is 0 Å². The van der Waals surface area contributed by atoms with E-state index < -0.39 is 0 Å². The lowest BCUT2D eigenvalue weighted by Crippen LogP contribution is -2.06. The zero-order valence-electron chi connectivity index (χ0n) is 11.9. The molecule has 19 heavy (non-hydrogen) atoms. The molecule has 0 aliphatic heterocycles. The summed E-state index contributed by atoms with van der Waals surface area (Å²) in [5, 5.41) is 1.03. The van der Waals surface area contributed by atoms with Crippen molar-refractivity contribution >= 4 is 46.3 Å². The smallest absolute Gasteiger partial charge is 0.305 e. The second-order valence-corrected chi connectivity index (χ2v) is 7.62. The van der Waals surface area contributed by atoms with E-state index in [0.717, 1.165) is 43.9 Å². The van der Waals surface area contributed by atoms with Gasteiger partial charge in [-0.15, -0.1) is 11.8 Å². The summed E-state index contributed by atoms with van der Waals surface area (Å²) in [6, 6.07) is 0. The van der Waals surface area contributed by atoms with Crippen LogP contribution in [0.3, 0.4) is 0 Å². The highest BCUT2D eigenvalue weighted by Gasteiger charge is 2.05. The maximum Gasteiger partial charge on any atom is 0.305 e. The molecule has 0 heterocycles. The third-order valence-corrected chi connectivity index (χ3v) is 5.17. The number of alkyl halides is 1. The third-order valence-electron chi connectivity index (χ3n) is 2.64. The van der Waals surface area contributed by atoms with Gasteiger partial charge in [-0.25, -0.2) is 0 Å². The van der Waals surface area contributed by atoms with Crippen LogP contribution in [0.1, 0.15) is 58.3 Å². The van der Waals surface area contributed by atoms with Crippen LogP contribution < -0.4 is 0 Å². The average molecular weight is 371 g/mol. The van der Waals surface area contributed by atoms with Crippen LogP contribution in [-0.4, -0.2) is 28.2 Å². The molecule has 0 saturated carbocycles. The fourth-order valence-electron chi connectivity index (χ4n) is 1.56. The molecule has 1 atom stereocenters. The largest absolute Gasteiger partial charge is 0.466 e. The third kappa shape index (κ3) is 14.9. The van der Waals surface area contributed by atoms with Crippen LogP contribution in [0.4, 0.5) is 0 Å². The summed E-state index contributed by atoms with van der Waals surface area (Å²) < 4.78 is 5.60. The number of thiol groups is 1. The maximum atomic E-state index is 11.4. The summed E-state index contributed by atoms with van der Waals surface area (Å²) in [4.78, 5) is 11.4. The first-order chi connectivity index (χ1) is 9.20. The monoisotopic (exact) mass is 370 g/mol. The molecule has 114 valence electrons. The Morgan fingerprint density at radius 2 is 2.05 bits per heavy atom. The Morgan fingerprint density at radius 1 is 1.26 bits per heavy atom.